The number of allylic oxidation sites excluding steroid dienone is 2. The largest absolute Gasteiger partial charge is 0.463 e. The zero-order valence-electron chi connectivity index (χ0n) is 12.9. The smallest absolute Gasteiger partial charge is 0.338 e. The highest BCUT2D eigenvalue weighted by atomic mass is 79.9. The van der Waals surface area contributed by atoms with Gasteiger partial charge < -0.3 is 15.2 Å². The van der Waals surface area contributed by atoms with Gasteiger partial charge >= 0.3 is 5.97 Å². The molecule has 0 spiro atoms. The molecular weight excluding hydrogens is 360 g/mol. The van der Waals surface area contributed by atoms with Crippen molar-refractivity contribution < 1.29 is 14.3 Å². The van der Waals surface area contributed by atoms with Crippen molar-refractivity contribution in [1.29, 1.82) is 5.26 Å². The minimum absolute atomic E-state index is 0.0261. The van der Waals surface area contributed by atoms with Gasteiger partial charge in [0.2, 0.25) is 5.88 Å². The molecule has 0 saturated heterocycles. The van der Waals surface area contributed by atoms with Gasteiger partial charge in [0.25, 0.3) is 0 Å². The van der Waals surface area contributed by atoms with Gasteiger partial charge in [0.1, 0.15) is 17.4 Å². The topological polar surface area (TPSA) is 85.3 Å². The maximum absolute atomic E-state index is 12.5. The normalized spacial score (nSPS) is 17.6. The molecule has 6 heteroatoms. The van der Waals surface area contributed by atoms with Crippen molar-refractivity contribution in [2.24, 2.45) is 5.73 Å². The second-order valence-electron chi connectivity index (χ2n) is 4.86. The molecule has 5 nitrogen and oxygen atoms in total. The van der Waals surface area contributed by atoms with E-state index in [0.717, 1.165) is 10.0 Å². The summed E-state index contributed by atoms with van der Waals surface area (Å²) in [7, 11) is 0. The first kappa shape index (κ1) is 17.1. The van der Waals surface area contributed by atoms with Crippen LogP contribution in [0.1, 0.15) is 31.7 Å². The number of nitriles is 1. The number of halogens is 1. The quantitative estimate of drug-likeness (QED) is 0.812. The van der Waals surface area contributed by atoms with Gasteiger partial charge in [-0.25, -0.2) is 4.79 Å². The fourth-order valence-corrected chi connectivity index (χ4v) is 3.05. The molecule has 0 radical (unpaired) electrons. The number of carbonyl (C=O) groups is 1. The molecule has 0 unspecified atom stereocenters. The Morgan fingerprint density at radius 3 is 2.70 bits per heavy atom. The van der Waals surface area contributed by atoms with Crippen LogP contribution in [-0.2, 0) is 14.3 Å². The summed E-state index contributed by atoms with van der Waals surface area (Å²) < 4.78 is 11.5. The summed E-state index contributed by atoms with van der Waals surface area (Å²) in [5.74, 6) is -0.650. The van der Waals surface area contributed by atoms with E-state index in [2.05, 4.69) is 22.0 Å². The number of esters is 1. The van der Waals surface area contributed by atoms with E-state index >= 15 is 0 Å². The van der Waals surface area contributed by atoms with Crippen LogP contribution in [0.25, 0.3) is 0 Å². The Labute approximate surface area is 143 Å². The van der Waals surface area contributed by atoms with Crippen LogP contribution >= 0.6 is 15.9 Å². The summed E-state index contributed by atoms with van der Waals surface area (Å²) in [6.07, 6.45) is 0.467. The van der Waals surface area contributed by atoms with Crippen LogP contribution in [0.15, 0.2) is 51.5 Å². The third-order valence-corrected chi connectivity index (χ3v) is 4.25. The van der Waals surface area contributed by atoms with Crippen molar-refractivity contribution >= 4 is 21.9 Å². The van der Waals surface area contributed by atoms with Gasteiger partial charge in [-0.2, -0.15) is 5.26 Å². The maximum Gasteiger partial charge on any atom is 0.338 e. The molecule has 0 aromatic heterocycles. The Balaban J connectivity index is 2.69. The molecule has 0 fully saturated rings. The zero-order valence-corrected chi connectivity index (χ0v) is 14.5. The summed E-state index contributed by atoms with van der Waals surface area (Å²) >= 11 is 3.48. The van der Waals surface area contributed by atoms with E-state index in [1.807, 2.05) is 31.2 Å². The number of nitrogens with zero attached hydrogens (tertiary/aromatic N) is 1. The SMILES string of the molecule is CCOC(=O)C1=C(CC)OC(N)=C(C#N)[C@@H]1c1ccccc1Br. The number of carbonyl (C=O) groups excluding carboxylic acids is 1. The average Bonchev–Trinajstić information content (AvgIpc) is 2.54. The highest BCUT2D eigenvalue weighted by molar-refractivity contribution is 9.10. The fourth-order valence-electron chi connectivity index (χ4n) is 2.53. The van der Waals surface area contributed by atoms with Crippen LogP contribution in [0.3, 0.4) is 0 Å². The molecule has 1 aliphatic rings. The van der Waals surface area contributed by atoms with Gasteiger partial charge in [-0.1, -0.05) is 41.1 Å². The van der Waals surface area contributed by atoms with Gasteiger partial charge in [-0.3, -0.25) is 0 Å². The lowest BCUT2D eigenvalue weighted by atomic mass is 9.82. The number of ether oxygens (including phenoxy) is 2. The van der Waals surface area contributed by atoms with E-state index < -0.39 is 11.9 Å². The molecule has 1 atom stereocenters. The van der Waals surface area contributed by atoms with Crippen molar-refractivity contribution in [2.45, 2.75) is 26.2 Å². The first-order chi connectivity index (χ1) is 11.0. The highest BCUT2D eigenvalue weighted by Gasteiger charge is 2.37. The van der Waals surface area contributed by atoms with Gasteiger partial charge in [0.15, 0.2) is 0 Å². The van der Waals surface area contributed by atoms with Crippen molar-refractivity contribution in [3.05, 3.63) is 57.1 Å². The van der Waals surface area contributed by atoms with Gasteiger partial charge in [-0.05, 0) is 18.6 Å². The van der Waals surface area contributed by atoms with Crippen molar-refractivity contribution in [1.82, 2.24) is 0 Å². The molecule has 0 bridgehead atoms. The molecule has 23 heavy (non-hydrogen) atoms. The number of benzene rings is 1. The lowest BCUT2D eigenvalue weighted by Gasteiger charge is -2.28. The molecular formula is C17H17BrN2O3. The minimum atomic E-state index is -0.613. The molecule has 1 aromatic carbocycles. The van der Waals surface area contributed by atoms with Crippen LogP contribution in [-0.4, -0.2) is 12.6 Å². The van der Waals surface area contributed by atoms with Crippen LogP contribution in [0, 0.1) is 11.3 Å². The van der Waals surface area contributed by atoms with E-state index in [4.69, 9.17) is 15.2 Å². The third-order valence-electron chi connectivity index (χ3n) is 3.53. The van der Waals surface area contributed by atoms with E-state index in [-0.39, 0.29) is 18.1 Å². The van der Waals surface area contributed by atoms with Gasteiger partial charge in [0, 0.05) is 10.9 Å². The second kappa shape index (κ2) is 7.34. The molecule has 0 aliphatic carbocycles. The molecule has 2 rings (SSSR count). The summed E-state index contributed by atoms with van der Waals surface area (Å²) in [4.78, 5) is 12.5. The summed E-state index contributed by atoms with van der Waals surface area (Å²) in [5.41, 5.74) is 7.20. The number of rotatable bonds is 4. The molecule has 1 aromatic rings. The lowest BCUT2D eigenvalue weighted by Crippen LogP contribution is -2.26. The van der Waals surface area contributed by atoms with Gasteiger partial charge in [-0.15, -0.1) is 0 Å². The summed E-state index contributed by atoms with van der Waals surface area (Å²) in [5, 5.41) is 9.51. The first-order valence-electron chi connectivity index (χ1n) is 7.27. The van der Waals surface area contributed by atoms with E-state index in [1.54, 1.807) is 6.92 Å². The average molecular weight is 377 g/mol. The maximum atomic E-state index is 12.5. The van der Waals surface area contributed by atoms with E-state index in [9.17, 15) is 10.1 Å². The second-order valence-corrected chi connectivity index (χ2v) is 5.71. The summed E-state index contributed by atoms with van der Waals surface area (Å²) in [6.45, 7) is 3.83. The fraction of sp³-hybridized carbons (Fsp3) is 0.294. The highest BCUT2D eigenvalue weighted by Crippen LogP contribution is 2.42. The predicted octanol–water partition coefficient (Wildman–Crippen LogP) is 3.48. The zero-order chi connectivity index (χ0) is 17.0. The molecule has 0 saturated carbocycles. The molecule has 1 heterocycles. The van der Waals surface area contributed by atoms with Crippen molar-refractivity contribution in [3.8, 4) is 6.07 Å². The standard InChI is InChI=1S/C17H17BrN2O3/c1-3-13-15(17(21)22-4-2)14(11(9-19)16(20)23-13)10-7-5-6-8-12(10)18/h5-8,14H,3-4,20H2,1-2H3/t14-/m0/s1. The van der Waals surface area contributed by atoms with Crippen molar-refractivity contribution in [2.75, 3.05) is 6.61 Å². The van der Waals surface area contributed by atoms with Crippen LogP contribution in [0.4, 0.5) is 0 Å². The van der Waals surface area contributed by atoms with Crippen molar-refractivity contribution in [3.63, 3.8) is 0 Å². The third kappa shape index (κ3) is 3.25. The van der Waals surface area contributed by atoms with Crippen LogP contribution in [0.2, 0.25) is 0 Å². The Morgan fingerprint density at radius 1 is 1.43 bits per heavy atom. The molecule has 2 N–H and O–H groups in total. The van der Waals surface area contributed by atoms with Crippen LogP contribution < -0.4 is 5.73 Å². The molecule has 1 aliphatic heterocycles. The monoisotopic (exact) mass is 376 g/mol. The number of hydrogen-bond acceptors (Lipinski definition) is 5. The van der Waals surface area contributed by atoms with Crippen LogP contribution in [0.5, 0.6) is 0 Å². The number of hydrogen-bond donors (Lipinski definition) is 1. The molecule has 0 amide bonds. The van der Waals surface area contributed by atoms with E-state index in [0.29, 0.717) is 17.8 Å². The molecule has 120 valence electrons. The Bertz CT molecular complexity index is 732. The van der Waals surface area contributed by atoms with Gasteiger partial charge in [0.05, 0.1) is 18.1 Å². The lowest BCUT2D eigenvalue weighted by molar-refractivity contribution is -0.139. The Hall–Kier alpha value is -2.26. The number of nitrogens with two attached hydrogens (primary N) is 1. The first-order valence-corrected chi connectivity index (χ1v) is 8.06. The Kier molecular flexibility index (Phi) is 5.45. The van der Waals surface area contributed by atoms with E-state index in [1.165, 1.54) is 0 Å². The predicted molar refractivity (Wildman–Crippen MR) is 88.7 cm³/mol. The summed E-state index contributed by atoms with van der Waals surface area (Å²) in [6, 6.07) is 9.47. The Morgan fingerprint density at radius 2 is 2.13 bits per heavy atom. The minimum Gasteiger partial charge on any atom is -0.463 e.